The van der Waals surface area contributed by atoms with Crippen LogP contribution in [0.15, 0.2) is 24.5 Å². The number of nitrogens with one attached hydrogen (secondary N) is 1. The van der Waals surface area contributed by atoms with Crippen LogP contribution in [0.3, 0.4) is 0 Å². The molecule has 1 N–H and O–H groups in total. The van der Waals surface area contributed by atoms with Crippen molar-refractivity contribution >= 4 is 11.8 Å². The Balaban J connectivity index is 1.95. The van der Waals surface area contributed by atoms with Crippen molar-refractivity contribution in [2.75, 3.05) is 19.7 Å². The molecule has 6 nitrogen and oxygen atoms in total. The number of carbonyl (C=O) groups is 2. The number of pyridine rings is 1. The van der Waals surface area contributed by atoms with E-state index >= 15 is 0 Å². The molecule has 6 heteroatoms. The van der Waals surface area contributed by atoms with Gasteiger partial charge in [0, 0.05) is 32.4 Å². The van der Waals surface area contributed by atoms with Crippen LogP contribution in [0.4, 0.5) is 0 Å². The fourth-order valence-corrected chi connectivity index (χ4v) is 2.15. The fourth-order valence-electron chi connectivity index (χ4n) is 2.15. The lowest BCUT2D eigenvalue weighted by molar-refractivity contribution is -0.162. The molecule has 1 atom stereocenters. The molecule has 0 unspecified atom stereocenters. The molecule has 1 aliphatic rings. The summed E-state index contributed by atoms with van der Waals surface area (Å²) in [6.07, 6.45) is 3.38. The topological polar surface area (TPSA) is 71.5 Å². The highest BCUT2D eigenvalue weighted by Crippen LogP contribution is 2.18. The Labute approximate surface area is 118 Å². The fraction of sp³-hybridized carbons (Fsp3) is 0.500. The second-order valence-corrected chi connectivity index (χ2v) is 5.06. The number of amides is 2. The van der Waals surface area contributed by atoms with Crippen LogP contribution in [0.1, 0.15) is 19.4 Å². The molecule has 0 aliphatic carbocycles. The van der Waals surface area contributed by atoms with Crippen molar-refractivity contribution in [1.82, 2.24) is 15.2 Å². The summed E-state index contributed by atoms with van der Waals surface area (Å²) in [5.74, 6) is -0.258. The molecule has 1 aliphatic heterocycles. The van der Waals surface area contributed by atoms with Crippen LogP contribution in [0.25, 0.3) is 0 Å². The lowest BCUT2D eigenvalue weighted by Gasteiger charge is -2.38. The Morgan fingerprint density at radius 1 is 1.55 bits per heavy atom. The second kappa shape index (κ2) is 6.00. The van der Waals surface area contributed by atoms with Crippen LogP contribution < -0.4 is 5.32 Å². The molecule has 108 valence electrons. The molecule has 1 aromatic rings. The summed E-state index contributed by atoms with van der Waals surface area (Å²) >= 11 is 0. The van der Waals surface area contributed by atoms with E-state index in [0.717, 1.165) is 5.56 Å². The van der Waals surface area contributed by atoms with Gasteiger partial charge in [-0.05, 0) is 18.6 Å². The Morgan fingerprint density at radius 2 is 2.35 bits per heavy atom. The van der Waals surface area contributed by atoms with E-state index in [1.165, 1.54) is 6.92 Å². The van der Waals surface area contributed by atoms with E-state index in [0.29, 0.717) is 19.7 Å². The SMILES string of the molecule is CC(=O)N1CCO[C@@](C)(C(=O)NCc2cccnc2)C1. The lowest BCUT2D eigenvalue weighted by atomic mass is 10.0. The number of morpholine rings is 1. The molecule has 2 amide bonds. The van der Waals surface area contributed by atoms with E-state index < -0.39 is 5.60 Å². The molecule has 0 aromatic carbocycles. The standard InChI is InChI=1S/C14H19N3O3/c1-11(18)17-6-7-20-14(2,10-17)13(19)16-9-12-4-3-5-15-8-12/h3-5,8H,6-7,9-10H2,1-2H3,(H,16,19)/t14-/m1/s1. The average Bonchev–Trinajstić information content (AvgIpc) is 2.45. The van der Waals surface area contributed by atoms with Crippen LogP contribution in [-0.4, -0.2) is 47.0 Å². The maximum atomic E-state index is 12.3. The number of hydrogen-bond acceptors (Lipinski definition) is 4. The monoisotopic (exact) mass is 277 g/mol. The third kappa shape index (κ3) is 3.33. The molecule has 1 aromatic heterocycles. The minimum Gasteiger partial charge on any atom is -0.362 e. The maximum Gasteiger partial charge on any atom is 0.254 e. The van der Waals surface area contributed by atoms with Gasteiger partial charge in [0.1, 0.15) is 0 Å². The molecule has 2 heterocycles. The van der Waals surface area contributed by atoms with E-state index in [9.17, 15) is 9.59 Å². The second-order valence-electron chi connectivity index (χ2n) is 5.06. The maximum absolute atomic E-state index is 12.3. The van der Waals surface area contributed by atoms with Crippen molar-refractivity contribution in [2.24, 2.45) is 0 Å². The molecular formula is C14H19N3O3. The first kappa shape index (κ1) is 14.5. The Kier molecular flexibility index (Phi) is 4.34. The Bertz CT molecular complexity index is 492. The largest absolute Gasteiger partial charge is 0.362 e. The minimum absolute atomic E-state index is 0.0421. The number of hydrogen-bond donors (Lipinski definition) is 1. The van der Waals surface area contributed by atoms with Gasteiger partial charge in [0.25, 0.3) is 5.91 Å². The normalized spacial score (nSPS) is 22.4. The van der Waals surface area contributed by atoms with Gasteiger partial charge in [-0.1, -0.05) is 6.07 Å². The predicted molar refractivity (Wildman–Crippen MR) is 72.7 cm³/mol. The molecule has 0 saturated carbocycles. The highest BCUT2D eigenvalue weighted by atomic mass is 16.5. The van der Waals surface area contributed by atoms with Crippen molar-refractivity contribution < 1.29 is 14.3 Å². The van der Waals surface area contributed by atoms with Gasteiger partial charge in [-0.2, -0.15) is 0 Å². The first-order chi connectivity index (χ1) is 9.51. The number of nitrogens with zero attached hydrogens (tertiary/aromatic N) is 2. The molecular weight excluding hydrogens is 258 g/mol. The first-order valence-corrected chi connectivity index (χ1v) is 6.58. The summed E-state index contributed by atoms with van der Waals surface area (Å²) < 4.78 is 5.57. The third-order valence-electron chi connectivity index (χ3n) is 3.38. The number of rotatable bonds is 3. The minimum atomic E-state index is -0.994. The van der Waals surface area contributed by atoms with Crippen LogP contribution in [-0.2, 0) is 20.9 Å². The third-order valence-corrected chi connectivity index (χ3v) is 3.38. The average molecular weight is 277 g/mol. The van der Waals surface area contributed by atoms with Crippen LogP contribution in [0.5, 0.6) is 0 Å². The van der Waals surface area contributed by atoms with E-state index in [1.807, 2.05) is 12.1 Å². The molecule has 2 rings (SSSR count). The summed E-state index contributed by atoms with van der Waals surface area (Å²) in [5, 5.41) is 2.83. The van der Waals surface area contributed by atoms with Crippen molar-refractivity contribution in [3.05, 3.63) is 30.1 Å². The van der Waals surface area contributed by atoms with Gasteiger partial charge in [-0.3, -0.25) is 14.6 Å². The summed E-state index contributed by atoms with van der Waals surface area (Å²) in [6.45, 7) is 4.78. The van der Waals surface area contributed by atoms with Gasteiger partial charge < -0.3 is 15.0 Å². The first-order valence-electron chi connectivity index (χ1n) is 6.58. The molecule has 1 saturated heterocycles. The van der Waals surface area contributed by atoms with Gasteiger partial charge in [-0.15, -0.1) is 0 Å². The molecule has 0 bridgehead atoms. The quantitative estimate of drug-likeness (QED) is 0.864. The summed E-state index contributed by atoms with van der Waals surface area (Å²) in [7, 11) is 0. The van der Waals surface area contributed by atoms with Gasteiger partial charge in [0.2, 0.25) is 5.91 Å². The van der Waals surface area contributed by atoms with Crippen molar-refractivity contribution in [1.29, 1.82) is 0 Å². The Hall–Kier alpha value is -1.95. The van der Waals surface area contributed by atoms with Gasteiger partial charge in [0.15, 0.2) is 5.60 Å². The van der Waals surface area contributed by atoms with Crippen molar-refractivity contribution in [2.45, 2.75) is 26.0 Å². The molecule has 20 heavy (non-hydrogen) atoms. The van der Waals surface area contributed by atoms with Gasteiger partial charge in [0.05, 0.1) is 13.2 Å². The van der Waals surface area contributed by atoms with Gasteiger partial charge in [-0.25, -0.2) is 0 Å². The molecule has 0 radical (unpaired) electrons. The smallest absolute Gasteiger partial charge is 0.254 e. The highest BCUT2D eigenvalue weighted by Gasteiger charge is 2.39. The zero-order valence-corrected chi connectivity index (χ0v) is 11.8. The van der Waals surface area contributed by atoms with E-state index in [2.05, 4.69) is 10.3 Å². The van der Waals surface area contributed by atoms with E-state index in [4.69, 9.17) is 4.74 Å². The van der Waals surface area contributed by atoms with Crippen LogP contribution in [0, 0.1) is 0 Å². The summed E-state index contributed by atoms with van der Waals surface area (Å²) in [6, 6.07) is 3.71. The molecule has 1 fully saturated rings. The van der Waals surface area contributed by atoms with Crippen LogP contribution in [0.2, 0.25) is 0 Å². The summed E-state index contributed by atoms with van der Waals surface area (Å²) in [4.78, 5) is 29.3. The number of carbonyl (C=O) groups excluding carboxylic acids is 2. The highest BCUT2D eigenvalue weighted by molar-refractivity contribution is 5.86. The van der Waals surface area contributed by atoms with Crippen LogP contribution >= 0.6 is 0 Å². The number of aromatic nitrogens is 1. The zero-order chi connectivity index (χ0) is 14.6. The van der Waals surface area contributed by atoms with Crippen molar-refractivity contribution in [3.8, 4) is 0 Å². The number of ether oxygens (including phenoxy) is 1. The molecule has 0 spiro atoms. The van der Waals surface area contributed by atoms with E-state index in [1.54, 1.807) is 24.2 Å². The predicted octanol–water partition coefficient (Wildman–Crippen LogP) is 0.335. The zero-order valence-electron chi connectivity index (χ0n) is 11.8. The lowest BCUT2D eigenvalue weighted by Crippen LogP contribution is -2.58. The Morgan fingerprint density at radius 3 is 3.00 bits per heavy atom. The van der Waals surface area contributed by atoms with Gasteiger partial charge >= 0.3 is 0 Å². The van der Waals surface area contributed by atoms with Crippen molar-refractivity contribution in [3.63, 3.8) is 0 Å². The van der Waals surface area contributed by atoms with E-state index in [-0.39, 0.29) is 18.4 Å². The summed E-state index contributed by atoms with van der Waals surface area (Å²) in [5.41, 5.74) is -0.0738.